The highest BCUT2D eigenvalue weighted by molar-refractivity contribution is 5.96. The third kappa shape index (κ3) is 5.65. The Morgan fingerprint density at radius 1 is 0.274 bits per heavy atom. The van der Waals surface area contributed by atoms with Crippen molar-refractivity contribution in [2.75, 3.05) is 4.90 Å². The van der Waals surface area contributed by atoms with Crippen LogP contribution in [0.25, 0.3) is 67.5 Å². The van der Waals surface area contributed by atoms with Crippen LogP contribution in [0.2, 0.25) is 0 Å². The summed E-state index contributed by atoms with van der Waals surface area (Å²) in [5.41, 5.74) is 17.8. The molecule has 290 valence electrons. The Morgan fingerprint density at radius 2 is 0.645 bits per heavy atom. The molecule has 0 N–H and O–H groups in total. The zero-order valence-electron chi connectivity index (χ0n) is 33.7. The predicted octanol–water partition coefficient (Wildman–Crippen LogP) is 14.4. The molecule has 10 aromatic rings. The van der Waals surface area contributed by atoms with Gasteiger partial charge in [-0.2, -0.15) is 0 Å². The maximum Gasteiger partial charge on any atom is 0.164 e. The third-order valence-corrected chi connectivity index (χ3v) is 12.6. The maximum atomic E-state index is 5.27. The highest BCUT2D eigenvalue weighted by Crippen LogP contribution is 2.63. The smallest absolute Gasteiger partial charge is 0.164 e. The Kier molecular flexibility index (Phi) is 8.36. The Bertz CT molecular complexity index is 3220. The van der Waals surface area contributed by atoms with Gasteiger partial charge in [-0.25, -0.2) is 15.0 Å². The molecule has 1 aliphatic heterocycles. The van der Waals surface area contributed by atoms with Crippen LogP contribution in [0.15, 0.2) is 231 Å². The van der Waals surface area contributed by atoms with E-state index < -0.39 is 5.41 Å². The first-order valence-electron chi connectivity index (χ1n) is 21.1. The SMILES string of the molecule is c1ccc(-c2ccc(-c3ccc(-c4nc(-c5ccccc5)nc(-c5ccc6c(c5)C5(c7ccccc7-6)c6ccccc6N(c6ccccc6)c6ccccc65)n4)cc3)cc2)cc1. The van der Waals surface area contributed by atoms with E-state index in [2.05, 4.69) is 211 Å². The van der Waals surface area contributed by atoms with E-state index in [4.69, 9.17) is 15.0 Å². The standard InChI is InChI=1S/C58H38N4/c1-4-16-39(17-5-1)40-28-30-41(31-29-40)42-32-34-44(35-33-42)56-59-55(43-18-6-2-7-19-43)60-57(61-56)45-36-37-48-47-22-10-11-23-49(47)58(52(48)38-45)50-24-12-14-26-53(50)62(46-20-8-3-9-21-46)54-27-15-13-25-51(54)58/h1-38H. The molecule has 4 nitrogen and oxygen atoms in total. The fourth-order valence-electron chi connectivity index (χ4n) is 9.75. The Hall–Kier alpha value is -8.21. The number of anilines is 3. The van der Waals surface area contributed by atoms with Crippen LogP contribution in [0, 0.1) is 0 Å². The summed E-state index contributed by atoms with van der Waals surface area (Å²) in [5, 5.41) is 0. The lowest BCUT2D eigenvalue weighted by Crippen LogP contribution is -2.36. The summed E-state index contributed by atoms with van der Waals surface area (Å²) in [4.78, 5) is 18.0. The molecule has 1 spiro atoms. The van der Waals surface area contributed by atoms with Gasteiger partial charge in [0, 0.05) is 22.4 Å². The number of hydrogen-bond acceptors (Lipinski definition) is 4. The number of fused-ring (bicyclic) bond motifs is 9. The van der Waals surface area contributed by atoms with Gasteiger partial charge >= 0.3 is 0 Å². The monoisotopic (exact) mass is 790 g/mol. The Morgan fingerprint density at radius 3 is 1.21 bits per heavy atom. The first-order chi connectivity index (χ1) is 30.7. The minimum atomic E-state index is -0.590. The van der Waals surface area contributed by atoms with E-state index in [9.17, 15) is 0 Å². The van der Waals surface area contributed by atoms with Crippen molar-refractivity contribution in [3.8, 4) is 67.5 Å². The number of aromatic nitrogens is 3. The number of hydrogen-bond donors (Lipinski definition) is 0. The van der Waals surface area contributed by atoms with Crippen LogP contribution >= 0.6 is 0 Å². The highest BCUT2D eigenvalue weighted by Gasteiger charge is 2.51. The summed E-state index contributed by atoms with van der Waals surface area (Å²) in [7, 11) is 0. The van der Waals surface area contributed by atoms with E-state index in [0.29, 0.717) is 17.5 Å². The molecule has 0 radical (unpaired) electrons. The van der Waals surface area contributed by atoms with E-state index in [0.717, 1.165) is 44.9 Å². The predicted molar refractivity (Wildman–Crippen MR) is 253 cm³/mol. The molecule has 0 fully saturated rings. The minimum Gasteiger partial charge on any atom is -0.310 e. The van der Waals surface area contributed by atoms with Gasteiger partial charge in [-0.3, -0.25) is 0 Å². The fraction of sp³-hybridized carbons (Fsp3) is 0.0172. The number of benzene rings is 9. The van der Waals surface area contributed by atoms with Crippen molar-refractivity contribution in [1.29, 1.82) is 0 Å². The molecule has 0 amide bonds. The molecule has 0 unspecified atom stereocenters. The zero-order valence-corrected chi connectivity index (χ0v) is 33.7. The molecule has 9 aromatic carbocycles. The normalized spacial score (nSPS) is 12.9. The summed E-state index contributed by atoms with van der Waals surface area (Å²) in [6, 6.07) is 82.2. The van der Waals surface area contributed by atoms with Crippen LogP contribution < -0.4 is 4.90 Å². The lowest BCUT2D eigenvalue weighted by atomic mass is 9.64. The second kappa shape index (κ2) is 14.5. The molecule has 0 atom stereocenters. The summed E-state index contributed by atoms with van der Waals surface area (Å²) < 4.78 is 0. The Balaban J connectivity index is 1.01. The highest BCUT2D eigenvalue weighted by atomic mass is 15.2. The summed E-state index contributed by atoms with van der Waals surface area (Å²) in [6.07, 6.45) is 0. The molecule has 4 heteroatoms. The van der Waals surface area contributed by atoms with Crippen molar-refractivity contribution in [1.82, 2.24) is 15.0 Å². The third-order valence-electron chi connectivity index (χ3n) is 12.6. The molecule has 12 rings (SSSR count). The van der Waals surface area contributed by atoms with Gasteiger partial charge in [-0.1, -0.05) is 200 Å². The van der Waals surface area contributed by atoms with Gasteiger partial charge in [0.2, 0.25) is 0 Å². The lowest BCUT2D eigenvalue weighted by molar-refractivity contribution is 0.753. The lowest BCUT2D eigenvalue weighted by Gasteiger charge is -2.45. The van der Waals surface area contributed by atoms with Crippen LogP contribution in [-0.2, 0) is 5.41 Å². The van der Waals surface area contributed by atoms with Crippen molar-refractivity contribution in [2.45, 2.75) is 5.41 Å². The van der Waals surface area contributed by atoms with Crippen LogP contribution in [0.4, 0.5) is 17.1 Å². The van der Waals surface area contributed by atoms with E-state index in [1.54, 1.807) is 0 Å². The first kappa shape index (κ1) is 35.7. The van der Waals surface area contributed by atoms with Crippen LogP contribution in [0.5, 0.6) is 0 Å². The molecule has 1 aromatic heterocycles. The summed E-state index contributed by atoms with van der Waals surface area (Å²) >= 11 is 0. The minimum absolute atomic E-state index is 0.590. The molecule has 0 saturated carbocycles. The number of nitrogens with zero attached hydrogens (tertiary/aromatic N) is 4. The van der Waals surface area contributed by atoms with Crippen molar-refractivity contribution in [3.63, 3.8) is 0 Å². The number of para-hydroxylation sites is 3. The maximum absolute atomic E-state index is 5.27. The average molecular weight is 791 g/mol. The van der Waals surface area contributed by atoms with Crippen molar-refractivity contribution in [2.24, 2.45) is 0 Å². The van der Waals surface area contributed by atoms with Crippen LogP contribution in [-0.4, -0.2) is 15.0 Å². The van der Waals surface area contributed by atoms with Gasteiger partial charge in [0.15, 0.2) is 17.5 Å². The van der Waals surface area contributed by atoms with Gasteiger partial charge in [0.1, 0.15) is 0 Å². The Labute approximate surface area is 361 Å². The van der Waals surface area contributed by atoms with E-state index in [-0.39, 0.29) is 0 Å². The first-order valence-corrected chi connectivity index (χ1v) is 21.1. The van der Waals surface area contributed by atoms with Crippen molar-refractivity contribution in [3.05, 3.63) is 253 Å². The van der Waals surface area contributed by atoms with Gasteiger partial charge < -0.3 is 4.90 Å². The quantitative estimate of drug-likeness (QED) is 0.168. The largest absolute Gasteiger partial charge is 0.310 e. The van der Waals surface area contributed by atoms with E-state index in [1.807, 2.05) is 24.3 Å². The fourth-order valence-corrected chi connectivity index (χ4v) is 9.75. The topological polar surface area (TPSA) is 41.9 Å². The summed E-state index contributed by atoms with van der Waals surface area (Å²) in [6.45, 7) is 0. The molecule has 2 aliphatic rings. The van der Waals surface area contributed by atoms with E-state index >= 15 is 0 Å². The van der Waals surface area contributed by atoms with Gasteiger partial charge in [-0.15, -0.1) is 0 Å². The van der Waals surface area contributed by atoms with Crippen LogP contribution in [0.3, 0.4) is 0 Å². The van der Waals surface area contributed by atoms with Gasteiger partial charge in [-0.05, 0) is 86.0 Å². The summed E-state index contributed by atoms with van der Waals surface area (Å²) in [5.74, 6) is 1.90. The van der Waals surface area contributed by atoms with Gasteiger partial charge in [0.25, 0.3) is 0 Å². The molecule has 62 heavy (non-hydrogen) atoms. The van der Waals surface area contributed by atoms with Crippen molar-refractivity contribution >= 4 is 17.1 Å². The molecule has 0 bridgehead atoms. The van der Waals surface area contributed by atoms with E-state index in [1.165, 1.54) is 44.5 Å². The molecular formula is C58H38N4. The van der Waals surface area contributed by atoms with Crippen LogP contribution in [0.1, 0.15) is 22.3 Å². The van der Waals surface area contributed by atoms with Gasteiger partial charge in [0.05, 0.1) is 16.8 Å². The second-order valence-corrected chi connectivity index (χ2v) is 16.0. The average Bonchev–Trinajstić information content (AvgIpc) is 3.65. The number of rotatable bonds is 6. The second-order valence-electron chi connectivity index (χ2n) is 16.0. The van der Waals surface area contributed by atoms with Crippen molar-refractivity contribution < 1.29 is 0 Å². The molecule has 1 aliphatic carbocycles. The zero-order chi connectivity index (χ0) is 41.0. The molecular weight excluding hydrogens is 753 g/mol. The molecule has 0 saturated heterocycles. The molecule has 2 heterocycles.